The molecule has 1 nitrogen and oxygen atoms in total. The maximum atomic E-state index is 6.46. The molecule has 0 radical (unpaired) electrons. The predicted octanol–water partition coefficient (Wildman–Crippen LogP) is 5.96. The van der Waals surface area contributed by atoms with Gasteiger partial charge >= 0.3 is 0 Å². The van der Waals surface area contributed by atoms with Crippen LogP contribution in [-0.4, -0.2) is 6.54 Å². The van der Waals surface area contributed by atoms with Crippen LogP contribution in [0.25, 0.3) is 0 Å². The Kier molecular flexibility index (Phi) is 5.56. The van der Waals surface area contributed by atoms with E-state index in [1.54, 1.807) is 6.07 Å². The third kappa shape index (κ3) is 3.92. The summed E-state index contributed by atoms with van der Waals surface area (Å²) in [6.45, 7) is 7.03. The number of benzene rings is 2. The third-order valence-electron chi connectivity index (χ3n) is 3.55. The van der Waals surface area contributed by atoms with Crippen molar-refractivity contribution in [3.05, 3.63) is 67.7 Å². The summed E-state index contributed by atoms with van der Waals surface area (Å²) >= 11 is 18.7. The van der Waals surface area contributed by atoms with Gasteiger partial charge in [-0.15, -0.1) is 0 Å². The molecule has 2 rings (SSSR count). The van der Waals surface area contributed by atoms with Gasteiger partial charge in [-0.25, -0.2) is 0 Å². The lowest BCUT2D eigenvalue weighted by atomic mass is 9.95. The summed E-state index contributed by atoms with van der Waals surface area (Å²) in [6.07, 6.45) is 0. The van der Waals surface area contributed by atoms with E-state index in [0.717, 1.165) is 22.7 Å². The molecule has 2 aromatic carbocycles. The van der Waals surface area contributed by atoms with Crippen LogP contribution < -0.4 is 5.32 Å². The minimum absolute atomic E-state index is 0.0296. The maximum absolute atomic E-state index is 6.46. The van der Waals surface area contributed by atoms with E-state index in [4.69, 9.17) is 34.8 Å². The average molecular weight is 343 g/mol. The van der Waals surface area contributed by atoms with Crippen LogP contribution in [0.5, 0.6) is 0 Å². The van der Waals surface area contributed by atoms with Crippen molar-refractivity contribution in [2.75, 3.05) is 6.54 Å². The van der Waals surface area contributed by atoms with Gasteiger partial charge in [0.15, 0.2) is 0 Å². The van der Waals surface area contributed by atoms with Gasteiger partial charge in [-0.3, -0.25) is 0 Å². The van der Waals surface area contributed by atoms with Crippen molar-refractivity contribution in [1.82, 2.24) is 5.32 Å². The van der Waals surface area contributed by atoms with Gasteiger partial charge in [-0.05, 0) is 66.9 Å². The highest BCUT2D eigenvalue weighted by Crippen LogP contribution is 2.33. The monoisotopic (exact) mass is 341 g/mol. The highest BCUT2D eigenvalue weighted by molar-refractivity contribution is 6.34. The molecule has 1 N–H and O–H groups in total. The first kappa shape index (κ1) is 16.6. The summed E-state index contributed by atoms with van der Waals surface area (Å²) in [4.78, 5) is 0. The molecule has 0 aliphatic rings. The van der Waals surface area contributed by atoms with Crippen LogP contribution in [0, 0.1) is 13.8 Å². The Morgan fingerprint density at radius 3 is 2.05 bits per heavy atom. The molecule has 0 aliphatic carbocycles. The molecule has 1 atom stereocenters. The molecule has 21 heavy (non-hydrogen) atoms. The topological polar surface area (TPSA) is 12.0 Å². The highest BCUT2D eigenvalue weighted by atomic mass is 35.5. The van der Waals surface area contributed by atoms with Crippen molar-refractivity contribution in [1.29, 1.82) is 0 Å². The number of nitrogens with one attached hydrogen (secondary N) is 1. The van der Waals surface area contributed by atoms with Crippen LogP contribution in [0.4, 0.5) is 0 Å². The molecule has 112 valence electrons. The van der Waals surface area contributed by atoms with Crippen LogP contribution in [0.2, 0.25) is 15.1 Å². The lowest BCUT2D eigenvalue weighted by Crippen LogP contribution is -2.22. The molecule has 0 fully saturated rings. The van der Waals surface area contributed by atoms with Crippen LogP contribution >= 0.6 is 34.8 Å². The number of aryl methyl sites for hydroxylation is 2. The van der Waals surface area contributed by atoms with Gasteiger partial charge in [-0.1, -0.05) is 47.8 Å². The molecule has 0 aliphatic heterocycles. The van der Waals surface area contributed by atoms with Crippen molar-refractivity contribution in [2.24, 2.45) is 0 Å². The minimum atomic E-state index is -0.0296. The molecular weight excluding hydrogens is 325 g/mol. The molecule has 0 amide bonds. The number of rotatable bonds is 4. The Morgan fingerprint density at radius 1 is 0.905 bits per heavy atom. The Bertz CT molecular complexity index is 632. The number of hydrogen-bond acceptors (Lipinski definition) is 1. The first-order chi connectivity index (χ1) is 9.92. The molecule has 1 unspecified atom stereocenters. The van der Waals surface area contributed by atoms with Crippen molar-refractivity contribution in [3.8, 4) is 0 Å². The van der Waals surface area contributed by atoms with Gasteiger partial charge < -0.3 is 5.32 Å². The summed E-state index contributed by atoms with van der Waals surface area (Å²) in [6, 6.07) is 9.68. The maximum Gasteiger partial charge on any atom is 0.0592 e. The van der Waals surface area contributed by atoms with E-state index in [-0.39, 0.29) is 6.04 Å². The normalized spacial score (nSPS) is 12.5. The van der Waals surface area contributed by atoms with Gasteiger partial charge in [0.2, 0.25) is 0 Å². The lowest BCUT2D eigenvalue weighted by Gasteiger charge is -2.22. The molecule has 4 heteroatoms. The summed E-state index contributed by atoms with van der Waals surface area (Å²) in [5, 5.41) is 5.46. The van der Waals surface area contributed by atoms with E-state index >= 15 is 0 Å². The van der Waals surface area contributed by atoms with E-state index in [2.05, 4.69) is 32.2 Å². The molecule has 0 heterocycles. The zero-order valence-electron chi connectivity index (χ0n) is 12.3. The summed E-state index contributed by atoms with van der Waals surface area (Å²) in [5.41, 5.74) is 4.45. The molecule has 0 saturated carbocycles. The minimum Gasteiger partial charge on any atom is -0.306 e. The third-order valence-corrected chi connectivity index (χ3v) is 4.31. The quantitative estimate of drug-likeness (QED) is 0.722. The van der Waals surface area contributed by atoms with E-state index in [1.165, 1.54) is 11.1 Å². The second-order valence-electron chi connectivity index (χ2n) is 5.15. The van der Waals surface area contributed by atoms with E-state index in [1.807, 2.05) is 18.2 Å². The van der Waals surface area contributed by atoms with Crippen LogP contribution in [0.1, 0.15) is 35.2 Å². The fourth-order valence-electron chi connectivity index (χ4n) is 2.38. The van der Waals surface area contributed by atoms with Gasteiger partial charge in [0.05, 0.1) is 6.04 Å². The molecular formula is C17H18Cl3N. The van der Waals surface area contributed by atoms with Crippen molar-refractivity contribution in [3.63, 3.8) is 0 Å². The first-order valence-corrected chi connectivity index (χ1v) is 8.01. The summed E-state index contributed by atoms with van der Waals surface area (Å²) in [7, 11) is 0. The first-order valence-electron chi connectivity index (χ1n) is 6.88. The Labute approximate surface area is 141 Å². The highest BCUT2D eigenvalue weighted by Gasteiger charge is 2.18. The van der Waals surface area contributed by atoms with E-state index in [9.17, 15) is 0 Å². The molecule has 0 spiro atoms. The van der Waals surface area contributed by atoms with Gasteiger partial charge in [-0.2, -0.15) is 0 Å². The SMILES string of the molecule is CCNC(c1cc(Cl)cc(Cl)c1)c1cc(C)c(C)cc1Cl. The van der Waals surface area contributed by atoms with Crippen molar-refractivity contribution < 1.29 is 0 Å². The average Bonchev–Trinajstić information content (AvgIpc) is 2.39. The summed E-state index contributed by atoms with van der Waals surface area (Å²) in [5.74, 6) is 0. The van der Waals surface area contributed by atoms with Gasteiger partial charge in [0, 0.05) is 15.1 Å². The van der Waals surface area contributed by atoms with Crippen LogP contribution in [0.3, 0.4) is 0 Å². The molecule has 0 saturated heterocycles. The van der Waals surface area contributed by atoms with Crippen LogP contribution in [0.15, 0.2) is 30.3 Å². The Balaban J connectivity index is 2.55. The second-order valence-corrected chi connectivity index (χ2v) is 6.43. The zero-order valence-corrected chi connectivity index (χ0v) is 14.6. The molecule has 0 aromatic heterocycles. The standard InChI is InChI=1S/C17H18Cl3N/c1-4-21-17(12-7-13(18)9-14(19)8-12)15-5-10(2)11(3)6-16(15)20/h5-9,17,21H,4H2,1-3H3. The number of halogens is 3. The van der Waals surface area contributed by atoms with E-state index < -0.39 is 0 Å². The van der Waals surface area contributed by atoms with Crippen molar-refractivity contribution in [2.45, 2.75) is 26.8 Å². The van der Waals surface area contributed by atoms with Crippen molar-refractivity contribution >= 4 is 34.8 Å². The molecule has 2 aromatic rings. The fraction of sp³-hybridized carbons (Fsp3) is 0.294. The fourth-order valence-corrected chi connectivity index (χ4v) is 3.25. The number of hydrogen-bond donors (Lipinski definition) is 1. The van der Waals surface area contributed by atoms with Gasteiger partial charge in [0.1, 0.15) is 0 Å². The summed E-state index contributed by atoms with van der Waals surface area (Å²) < 4.78 is 0. The predicted molar refractivity (Wildman–Crippen MR) is 92.9 cm³/mol. The van der Waals surface area contributed by atoms with Gasteiger partial charge in [0.25, 0.3) is 0 Å². The molecule has 0 bridgehead atoms. The van der Waals surface area contributed by atoms with Crippen LogP contribution in [-0.2, 0) is 0 Å². The Hall–Kier alpha value is -0.730. The second kappa shape index (κ2) is 7.02. The largest absolute Gasteiger partial charge is 0.306 e. The van der Waals surface area contributed by atoms with E-state index in [0.29, 0.717) is 10.0 Å². The smallest absolute Gasteiger partial charge is 0.0592 e. The zero-order chi connectivity index (χ0) is 15.6. The Morgan fingerprint density at radius 2 is 1.48 bits per heavy atom. The lowest BCUT2D eigenvalue weighted by molar-refractivity contribution is 0.630.